The number of rotatable bonds is 4. The first-order chi connectivity index (χ1) is 6.70. The third-order valence-corrected chi connectivity index (χ3v) is 2.08. The number of methoxy groups -OCH3 is 1. The lowest BCUT2D eigenvalue weighted by atomic mass is 10.1. The highest BCUT2D eigenvalue weighted by molar-refractivity contribution is 5.65. The van der Waals surface area contributed by atoms with Gasteiger partial charge < -0.3 is 20.7 Å². The van der Waals surface area contributed by atoms with Gasteiger partial charge in [-0.1, -0.05) is 6.07 Å². The van der Waals surface area contributed by atoms with Crippen molar-refractivity contribution in [1.29, 1.82) is 0 Å². The molecule has 0 fully saturated rings. The smallest absolute Gasteiger partial charge is 0.145 e. The van der Waals surface area contributed by atoms with E-state index in [1.54, 1.807) is 12.1 Å². The van der Waals surface area contributed by atoms with Crippen LogP contribution in [0.1, 0.15) is 12.0 Å². The van der Waals surface area contributed by atoms with Crippen molar-refractivity contribution < 1.29 is 14.9 Å². The van der Waals surface area contributed by atoms with E-state index < -0.39 is 0 Å². The van der Waals surface area contributed by atoms with Gasteiger partial charge in [0.1, 0.15) is 17.2 Å². The van der Waals surface area contributed by atoms with E-state index in [9.17, 15) is 5.11 Å². The molecule has 1 rings (SSSR count). The van der Waals surface area contributed by atoms with Crippen molar-refractivity contribution in [3.8, 4) is 11.5 Å². The molecule has 0 aliphatic rings. The second-order valence-corrected chi connectivity index (χ2v) is 3.02. The second kappa shape index (κ2) is 4.72. The van der Waals surface area contributed by atoms with Crippen molar-refractivity contribution in [1.82, 2.24) is 0 Å². The van der Waals surface area contributed by atoms with Crippen LogP contribution >= 0.6 is 0 Å². The number of hydrogen-bond donors (Lipinski definition) is 3. The SMILES string of the molecule is COc1ccc(CCCO)c(O)c1N. The molecule has 4 heteroatoms. The Balaban J connectivity index is 2.92. The molecule has 0 amide bonds. The summed E-state index contributed by atoms with van der Waals surface area (Å²) in [7, 11) is 1.50. The predicted molar refractivity (Wildman–Crippen MR) is 54.5 cm³/mol. The van der Waals surface area contributed by atoms with E-state index in [0.29, 0.717) is 18.6 Å². The molecular weight excluding hydrogens is 182 g/mol. The van der Waals surface area contributed by atoms with Gasteiger partial charge in [0, 0.05) is 6.61 Å². The molecule has 78 valence electrons. The lowest BCUT2D eigenvalue weighted by Crippen LogP contribution is -1.97. The maximum atomic E-state index is 9.65. The van der Waals surface area contributed by atoms with E-state index in [1.165, 1.54) is 7.11 Å². The number of phenolic OH excluding ortho intramolecular Hbond substituents is 1. The van der Waals surface area contributed by atoms with Gasteiger partial charge in [0.2, 0.25) is 0 Å². The average molecular weight is 197 g/mol. The molecule has 0 radical (unpaired) electrons. The zero-order chi connectivity index (χ0) is 10.6. The van der Waals surface area contributed by atoms with Crippen LogP contribution in [0.4, 0.5) is 5.69 Å². The van der Waals surface area contributed by atoms with Crippen LogP contribution in [0, 0.1) is 0 Å². The second-order valence-electron chi connectivity index (χ2n) is 3.02. The molecule has 0 saturated carbocycles. The van der Waals surface area contributed by atoms with E-state index in [-0.39, 0.29) is 18.0 Å². The number of hydrogen-bond acceptors (Lipinski definition) is 4. The molecule has 0 saturated heterocycles. The maximum Gasteiger partial charge on any atom is 0.145 e. The van der Waals surface area contributed by atoms with Crippen molar-refractivity contribution in [3.63, 3.8) is 0 Å². The van der Waals surface area contributed by atoms with Crippen LogP contribution in [0.25, 0.3) is 0 Å². The Morgan fingerprint density at radius 3 is 2.71 bits per heavy atom. The quantitative estimate of drug-likeness (QED) is 0.495. The Labute approximate surface area is 82.9 Å². The first-order valence-corrected chi connectivity index (χ1v) is 4.46. The number of aliphatic hydroxyl groups excluding tert-OH is 1. The normalized spacial score (nSPS) is 10.1. The van der Waals surface area contributed by atoms with Gasteiger partial charge in [-0.15, -0.1) is 0 Å². The van der Waals surface area contributed by atoms with Crippen LogP contribution in [-0.2, 0) is 6.42 Å². The number of aliphatic hydroxyl groups is 1. The molecule has 0 spiro atoms. The van der Waals surface area contributed by atoms with E-state index in [0.717, 1.165) is 5.56 Å². The van der Waals surface area contributed by atoms with Crippen LogP contribution in [-0.4, -0.2) is 23.9 Å². The summed E-state index contributed by atoms with van der Waals surface area (Å²) >= 11 is 0. The van der Waals surface area contributed by atoms with Gasteiger partial charge in [0.05, 0.1) is 7.11 Å². The van der Waals surface area contributed by atoms with Gasteiger partial charge in [-0.05, 0) is 24.5 Å². The maximum absolute atomic E-state index is 9.65. The van der Waals surface area contributed by atoms with Crippen molar-refractivity contribution in [2.75, 3.05) is 19.5 Å². The van der Waals surface area contributed by atoms with Gasteiger partial charge >= 0.3 is 0 Å². The largest absolute Gasteiger partial charge is 0.505 e. The molecule has 1 aromatic carbocycles. The van der Waals surface area contributed by atoms with E-state index in [2.05, 4.69) is 0 Å². The van der Waals surface area contributed by atoms with Crippen molar-refractivity contribution >= 4 is 5.69 Å². The number of aryl methyl sites for hydroxylation is 1. The van der Waals surface area contributed by atoms with Crippen LogP contribution in [0.15, 0.2) is 12.1 Å². The summed E-state index contributed by atoms with van der Waals surface area (Å²) in [5.41, 5.74) is 6.61. The summed E-state index contributed by atoms with van der Waals surface area (Å²) in [6.07, 6.45) is 1.22. The van der Waals surface area contributed by atoms with Crippen LogP contribution in [0.2, 0.25) is 0 Å². The van der Waals surface area contributed by atoms with Gasteiger partial charge in [-0.25, -0.2) is 0 Å². The Hall–Kier alpha value is -1.42. The number of nitrogens with two attached hydrogens (primary N) is 1. The van der Waals surface area contributed by atoms with Crippen molar-refractivity contribution in [2.24, 2.45) is 0 Å². The van der Waals surface area contributed by atoms with Gasteiger partial charge in [-0.2, -0.15) is 0 Å². The fourth-order valence-corrected chi connectivity index (χ4v) is 1.28. The molecule has 0 aromatic heterocycles. The lowest BCUT2D eigenvalue weighted by molar-refractivity contribution is 0.288. The molecule has 14 heavy (non-hydrogen) atoms. The standard InChI is InChI=1S/C10H15NO3/c1-14-8-5-4-7(3-2-6-12)10(13)9(8)11/h4-5,12-13H,2-3,6,11H2,1H3. The van der Waals surface area contributed by atoms with Crippen LogP contribution in [0.3, 0.4) is 0 Å². The average Bonchev–Trinajstić information content (AvgIpc) is 2.20. The summed E-state index contributed by atoms with van der Waals surface area (Å²) in [5, 5.41) is 18.3. The molecule has 0 aliphatic heterocycles. The van der Waals surface area contributed by atoms with Crippen molar-refractivity contribution in [3.05, 3.63) is 17.7 Å². The molecule has 1 aromatic rings. The van der Waals surface area contributed by atoms with Gasteiger partial charge in [0.25, 0.3) is 0 Å². The Bertz CT molecular complexity index is 312. The van der Waals surface area contributed by atoms with E-state index >= 15 is 0 Å². The van der Waals surface area contributed by atoms with E-state index in [4.69, 9.17) is 15.6 Å². The van der Waals surface area contributed by atoms with Crippen LogP contribution in [0.5, 0.6) is 11.5 Å². The number of aromatic hydroxyl groups is 1. The molecular formula is C10H15NO3. The minimum absolute atomic E-state index is 0.0535. The minimum atomic E-state index is 0.0535. The van der Waals surface area contributed by atoms with Gasteiger partial charge in [0.15, 0.2) is 0 Å². The number of benzene rings is 1. The van der Waals surface area contributed by atoms with Gasteiger partial charge in [-0.3, -0.25) is 0 Å². The molecule has 0 atom stereocenters. The summed E-state index contributed by atoms with van der Waals surface area (Å²) < 4.78 is 4.95. The Morgan fingerprint density at radius 2 is 2.14 bits per heavy atom. The summed E-state index contributed by atoms with van der Waals surface area (Å²) in [6, 6.07) is 3.46. The zero-order valence-electron chi connectivity index (χ0n) is 8.16. The fourth-order valence-electron chi connectivity index (χ4n) is 1.28. The molecule has 0 bridgehead atoms. The summed E-state index contributed by atoms with van der Waals surface area (Å²) in [6.45, 7) is 0.103. The molecule has 4 N–H and O–H groups in total. The monoisotopic (exact) mass is 197 g/mol. The summed E-state index contributed by atoms with van der Waals surface area (Å²) in [5.74, 6) is 0.521. The minimum Gasteiger partial charge on any atom is -0.505 e. The number of nitrogen functional groups attached to an aromatic ring is 1. The highest BCUT2D eigenvalue weighted by atomic mass is 16.5. The molecule has 0 unspecified atom stereocenters. The van der Waals surface area contributed by atoms with E-state index in [1.807, 2.05) is 0 Å². The number of phenols is 1. The lowest BCUT2D eigenvalue weighted by Gasteiger charge is -2.10. The third kappa shape index (κ3) is 2.09. The zero-order valence-corrected chi connectivity index (χ0v) is 8.16. The fraction of sp³-hybridized carbons (Fsp3) is 0.400. The molecule has 4 nitrogen and oxygen atoms in total. The third-order valence-electron chi connectivity index (χ3n) is 2.08. The first-order valence-electron chi connectivity index (χ1n) is 4.46. The predicted octanol–water partition coefficient (Wildman–Crippen LogP) is 0.908. The Kier molecular flexibility index (Phi) is 3.59. The van der Waals surface area contributed by atoms with Crippen LogP contribution < -0.4 is 10.5 Å². The van der Waals surface area contributed by atoms with Crippen molar-refractivity contribution in [2.45, 2.75) is 12.8 Å². The molecule has 0 aliphatic carbocycles. The number of anilines is 1. The first kappa shape index (κ1) is 10.7. The molecule has 0 heterocycles. The highest BCUT2D eigenvalue weighted by Gasteiger charge is 2.09. The Morgan fingerprint density at radius 1 is 1.43 bits per heavy atom. The number of ether oxygens (including phenoxy) is 1. The topological polar surface area (TPSA) is 75.7 Å². The summed E-state index contributed by atoms with van der Waals surface area (Å²) in [4.78, 5) is 0. The highest BCUT2D eigenvalue weighted by Crippen LogP contribution is 2.34.